The number of nitrogens with zero attached hydrogens (tertiary/aromatic N) is 1. The van der Waals surface area contributed by atoms with Crippen molar-refractivity contribution in [3.8, 4) is 0 Å². The Hall–Kier alpha value is -1.53. The third kappa shape index (κ3) is 6.36. The van der Waals surface area contributed by atoms with Gasteiger partial charge in [0.1, 0.15) is 5.76 Å². The van der Waals surface area contributed by atoms with Crippen LogP contribution in [0.2, 0.25) is 0 Å². The Morgan fingerprint density at radius 1 is 1.36 bits per heavy atom. The van der Waals surface area contributed by atoms with Crippen LogP contribution in [0.5, 0.6) is 0 Å². The average Bonchev–Trinajstić information content (AvgIpc) is 3.36. The number of methoxy groups -OCH3 is 1. The molecule has 0 aromatic carbocycles. The van der Waals surface area contributed by atoms with Crippen LogP contribution < -0.4 is 10.6 Å². The van der Waals surface area contributed by atoms with Gasteiger partial charge in [0.25, 0.3) is 0 Å². The molecule has 1 saturated heterocycles. The summed E-state index contributed by atoms with van der Waals surface area (Å²) in [6.07, 6.45) is 8.86. The molecule has 2 N–H and O–H groups in total. The third-order valence-corrected chi connectivity index (χ3v) is 4.83. The molecule has 25 heavy (non-hydrogen) atoms. The summed E-state index contributed by atoms with van der Waals surface area (Å²) < 4.78 is 16.6. The Balaban J connectivity index is 1.53. The molecule has 6 nitrogen and oxygen atoms in total. The molecule has 2 atom stereocenters. The van der Waals surface area contributed by atoms with Crippen LogP contribution in [-0.2, 0) is 15.9 Å². The zero-order valence-corrected chi connectivity index (χ0v) is 15.2. The van der Waals surface area contributed by atoms with E-state index in [2.05, 4.69) is 10.6 Å². The van der Waals surface area contributed by atoms with Crippen LogP contribution in [0, 0.1) is 5.92 Å². The largest absolute Gasteiger partial charge is 0.469 e. The van der Waals surface area contributed by atoms with Gasteiger partial charge in [0.15, 0.2) is 5.96 Å². The van der Waals surface area contributed by atoms with Gasteiger partial charge in [0.2, 0.25) is 0 Å². The highest BCUT2D eigenvalue weighted by Crippen LogP contribution is 2.32. The van der Waals surface area contributed by atoms with Gasteiger partial charge in [-0.15, -0.1) is 0 Å². The molecule has 0 spiro atoms. The van der Waals surface area contributed by atoms with Gasteiger partial charge in [-0.3, -0.25) is 4.99 Å². The number of hydrogen-bond acceptors (Lipinski definition) is 4. The second kappa shape index (κ2) is 9.82. The van der Waals surface area contributed by atoms with E-state index in [-0.39, 0.29) is 6.10 Å². The highest BCUT2D eigenvalue weighted by molar-refractivity contribution is 5.80. The van der Waals surface area contributed by atoms with E-state index < -0.39 is 0 Å². The zero-order chi connectivity index (χ0) is 17.3. The monoisotopic (exact) mass is 349 g/mol. The summed E-state index contributed by atoms with van der Waals surface area (Å²) in [5.74, 6) is 2.54. The molecule has 3 rings (SSSR count). The fourth-order valence-electron chi connectivity index (χ4n) is 3.21. The normalized spacial score (nSPS) is 22.6. The van der Waals surface area contributed by atoms with Gasteiger partial charge >= 0.3 is 0 Å². The fourth-order valence-corrected chi connectivity index (χ4v) is 3.21. The Morgan fingerprint density at radius 2 is 2.28 bits per heavy atom. The van der Waals surface area contributed by atoms with Crippen molar-refractivity contribution >= 4 is 5.96 Å². The second-order valence-electron chi connectivity index (χ2n) is 6.98. The molecular weight excluding hydrogens is 318 g/mol. The van der Waals surface area contributed by atoms with Crippen LogP contribution in [0.25, 0.3) is 0 Å². The molecule has 1 aliphatic carbocycles. The van der Waals surface area contributed by atoms with Gasteiger partial charge < -0.3 is 24.5 Å². The molecule has 1 aliphatic heterocycles. The van der Waals surface area contributed by atoms with Gasteiger partial charge in [-0.2, -0.15) is 0 Å². The van der Waals surface area contributed by atoms with E-state index in [1.54, 1.807) is 13.4 Å². The van der Waals surface area contributed by atoms with Crippen molar-refractivity contribution in [3.05, 3.63) is 24.2 Å². The van der Waals surface area contributed by atoms with Crippen molar-refractivity contribution < 1.29 is 13.9 Å². The Bertz CT molecular complexity index is 508. The lowest BCUT2D eigenvalue weighted by atomic mass is 10.1. The second-order valence-corrected chi connectivity index (χ2v) is 6.98. The summed E-state index contributed by atoms with van der Waals surface area (Å²) in [5, 5.41) is 7.00. The highest BCUT2D eigenvalue weighted by Gasteiger charge is 2.31. The molecule has 2 unspecified atom stereocenters. The van der Waals surface area contributed by atoms with E-state index in [9.17, 15) is 0 Å². The molecule has 6 heteroatoms. The van der Waals surface area contributed by atoms with Crippen LogP contribution in [0.15, 0.2) is 27.8 Å². The van der Waals surface area contributed by atoms with Gasteiger partial charge in [0.05, 0.1) is 31.6 Å². The smallest absolute Gasteiger partial charge is 0.191 e. The van der Waals surface area contributed by atoms with Crippen molar-refractivity contribution in [2.45, 2.75) is 50.7 Å². The van der Waals surface area contributed by atoms with E-state index in [1.165, 1.54) is 25.7 Å². The first-order valence-electron chi connectivity index (χ1n) is 9.53. The van der Waals surface area contributed by atoms with Gasteiger partial charge in [-0.1, -0.05) is 0 Å². The van der Waals surface area contributed by atoms with E-state index in [4.69, 9.17) is 18.9 Å². The lowest BCUT2D eigenvalue weighted by molar-refractivity contribution is 0.0224. The van der Waals surface area contributed by atoms with E-state index in [0.717, 1.165) is 37.7 Å². The lowest BCUT2D eigenvalue weighted by Crippen LogP contribution is -2.47. The maximum atomic E-state index is 5.80. The number of hydrogen-bond donors (Lipinski definition) is 2. The van der Waals surface area contributed by atoms with Crippen molar-refractivity contribution in [2.75, 3.05) is 33.4 Å². The number of furan rings is 1. The fraction of sp³-hybridized carbons (Fsp3) is 0.737. The van der Waals surface area contributed by atoms with Crippen LogP contribution in [0.4, 0.5) is 0 Å². The summed E-state index contributed by atoms with van der Waals surface area (Å²) in [5.41, 5.74) is 0. The summed E-state index contributed by atoms with van der Waals surface area (Å²) >= 11 is 0. The third-order valence-electron chi connectivity index (χ3n) is 4.83. The number of guanidine groups is 1. The Morgan fingerprint density at radius 3 is 2.96 bits per heavy atom. The number of aliphatic imine (C=N–C) groups is 1. The molecule has 0 bridgehead atoms. The number of rotatable bonds is 9. The summed E-state index contributed by atoms with van der Waals surface area (Å²) in [6, 6.07) is 4.25. The van der Waals surface area contributed by atoms with Crippen molar-refractivity contribution in [3.63, 3.8) is 0 Å². The molecule has 1 aromatic rings. The molecule has 0 radical (unpaired) electrons. The van der Waals surface area contributed by atoms with Gasteiger partial charge in [-0.25, -0.2) is 0 Å². The van der Waals surface area contributed by atoms with Crippen LogP contribution in [0.1, 0.15) is 37.9 Å². The van der Waals surface area contributed by atoms with Crippen molar-refractivity contribution in [1.29, 1.82) is 0 Å². The SMILES string of the molecule is COCC(NC(=NCC1CCCCO1)NCCc1ccco1)C1CC1. The standard InChI is InChI=1S/C19H31N3O3/c1-23-14-18(15-7-8-15)22-19(20-10-9-16-6-4-12-24-16)21-13-17-5-2-3-11-25-17/h4,6,12,15,17-18H,2-3,5,7-11,13-14H2,1H3,(H2,20,21,22). The first-order chi connectivity index (χ1) is 12.3. The molecule has 2 aliphatic rings. The van der Waals surface area contributed by atoms with Crippen LogP contribution >= 0.6 is 0 Å². The minimum absolute atomic E-state index is 0.249. The molecule has 0 amide bonds. The average molecular weight is 349 g/mol. The maximum absolute atomic E-state index is 5.80. The lowest BCUT2D eigenvalue weighted by Gasteiger charge is -2.23. The summed E-state index contributed by atoms with van der Waals surface area (Å²) in [4.78, 5) is 4.78. The van der Waals surface area contributed by atoms with Crippen molar-refractivity contribution in [2.24, 2.45) is 10.9 Å². The van der Waals surface area contributed by atoms with Crippen molar-refractivity contribution in [1.82, 2.24) is 10.6 Å². The van der Waals surface area contributed by atoms with Crippen LogP contribution in [0.3, 0.4) is 0 Å². The Kier molecular flexibility index (Phi) is 7.18. The van der Waals surface area contributed by atoms with E-state index in [0.29, 0.717) is 25.1 Å². The molecular formula is C19H31N3O3. The molecule has 2 fully saturated rings. The minimum atomic E-state index is 0.249. The number of ether oxygens (including phenoxy) is 2. The predicted molar refractivity (Wildman–Crippen MR) is 97.8 cm³/mol. The van der Waals surface area contributed by atoms with Gasteiger partial charge in [0, 0.05) is 26.7 Å². The molecule has 140 valence electrons. The highest BCUT2D eigenvalue weighted by atomic mass is 16.5. The minimum Gasteiger partial charge on any atom is -0.469 e. The number of nitrogens with one attached hydrogen (secondary N) is 2. The Labute approximate surface area is 150 Å². The quantitative estimate of drug-likeness (QED) is 0.529. The van der Waals surface area contributed by atoms with Gasteiger partial charge in [-0.05, 0) is 50.2 Å². The van der Waals surface area contributed by atoms with Crippen LogP contribution in [-0.4, -0.2) is 51.5 Å². The molecule has 1 aromatic heterocycles. The zero-order valence-electron chi connectivity index (χ0n) is 15.2. The topological polar surface area (TPSA) is 68.0 Å². The maximum Gasteiger partial charge on any atom is 0.191 e. The first kappa shape index (κ1) is 18.3. The predicted octanol–water partition coefficient (Wildman–Crippen LogP) is 2.35. The summed E-state index contributed by atoms with van der Waals surface area (Å²) in [7, 11) is 1.76. The molecule has 2 heterocycles. The van der Waals surface area contributed by atoms with E-state index in [1.807, 2.05) is 12.1 Å². The molecule has 1 saturated carbocycles. The first-order valence-corrected chi connectivity index (χ1v) is 9.53. The van der Waals surface area contributed by atoms with E-state index >= 15 is 0 Å². The summed E-state index contributed by atoms with van der Waals surface area (Å²) in [6.45, 7) is 3.07.